The van der Waals surface area contributed by atoms with Gasteiger partial charge in [0.15, 0.2) is 0 Å². The highest BCUT2D eigenvalue weighted by Crippen LogP contribution is 2.22. The molecule has 2 N–H and O–H groups in total. The number of amides is 2. The number of hydrogen-bond acceptors (Lipinski definition) is 5. The molecule has 0 spiro atoms. The first-order valence-corrected chi connectivity index (χ1v) is 9.94. The van der Waals surface area contributed by atoms with Crippen molar-refractivity contribution in [3.05, 3.63) is 76.2 Å². The molecule has 7 heteroatoms. The summed E-state index contributed by atoms with van der Waals surface area (Å²) in [6, 6.07) is 14.1. The molecule has 0 saturated heterocycles. The second-order valence-electron chi connectivity index (χ2n) is 6.54. The highest BCUT2D eigenvalue weighted by Gasteiger charge is 2.25. The van der Waals surface area contributed by atoms with E-state index >= 15 is 0 Å². The van der Waals surface area contributed by atoms with E-state index in [-0.39, 0.29) is 17.9 Å². The van der Waals surface area contributed by atoms with Crippen LogP contribution in [-0.4, -0.2) is 22.8 Å². The van der Waals surface area contributed by atoms with Crippen molar-refractivity contribution in [3.8, 4) is 5.75 Å². The van der Waals surface area contributed by atoms with Crippen LogP contribution in [0.2, 0.25) is 0 Å². The number of para-hydroxylation sites is 1. The van der Waals surface area contributed by atoms with E-state index in [1.54, 1.807) is 54.0 Å². The van der Waals surface area contributed by atoms with Crippen LogP contribution in [0.25, 0.3) is 0 Å². The van der Waals surface area contributed by atoms with Gasteiger partial charge in [-0.1, -0.05) is 12.1 Å². The van der Waals surface area contributed by atoms with E-state index in [9.17, 15) is 9.59 Å². The number of benzene rings is 2. The Bertz CT molecular complexity index is 967. The van der Waals surface area contributed by atoms with E-state index in [0.717, 1.165) is 18.5 Å². The Morgan fingerprint density at radius 1 is 1.07 bits per heavy atom. The van der Waals surface area contributed by atoms with Gasteiger partial charge in [-0.2, -0.15) is 0 Å². The summed E-state index contributed by atoms with van der Waals surface area (Å²) in [5.41, 5.74) is 4.07. The average Bonchev–Trinajstić information content (AvgIpc) is 3.37. The number of anilines is 1. The molecule has 1 heterocycles. The van der Waals surface area contributed by atoms with E-state index < -0.39 is 0 Å². The normalized spacial score (nSPS) is 13.0. The number of carbonyl (C=O) groups excluding carboxylic acids is 2. The van der Waals surface area contributed by atoms with Gasteiger partial charge < -0.3 is 15.4 Å². The SMILES string of the molecule is O=C(Nc1ccccc1C(=O)NC1CC1)c1ccc(OCc2cscn2)cc1. The van der Waals surface area contributed by atoms with Gasteiger partial charge in [0, 0.05) is 17.0 Å². The van der Waals surface area contributed by atoms with Crippen LogP contribution >= 0.6 is 11.3 Å². The topological polar surface area (TPSA) is 80.3 Å². The fourth-order valence-corrected chi connectivity index (χ4v) is 3.19. The molecule has 6 nitrogen and oxygen atoms in total. The fourth-order valence-electron chi connectivity index (χ4n) is 2.64. The summed E-state index contributed by atoms with van der Waals surface area (Å²) in [5.74, 6) is 0.218. The summed E-state index contributed by atoms with van der Waals surface area (Å²) in [5, 5.41) is 7.70. The minimum Gasteiger partial charge on any atom is -0.487 e. The largest absolute Gasteiger partial charge is 0.487 e. The molecule has 0 atom stereocenters. The molecule has 1 aliphatic carbocycles. The van der Waals surface area contributed by atoms with Gasteiger partial charge >= 0.3 is 0 Å². The Morgan fingerprint density at radius 2 is 1.86 bits per heavy atom. The third-order valence-corrected chi connectivity index (χ3v) is 4.95. The van der Waals surface area contributed by atoms with Gasteiger partial charge in [0.25, 0.3) is 11.8 Å². The molecule has 1 aromatic heterocycles. The van der Waals surface area contributed by atoms with Crippen molar-refractivity contribution >= 4 is 28.8 Å². The van der Waals surface area contributed by atoms with E-state index in [4.69, 9.17) is 4.74 Å². The minimum absolute atomic E-state index is 0.163. The quantitative estimate of drug-likeness (QED) is 0.639. The predicted molar refractivity (Wildman–Crippen MR) is 108 cm³/mol. The standard InChI is InChI=1S/C21H19N3O3S/c25-20(14-5-9-17(10-6-14)27-11-16-12-28-13-22-16)24-19-4-2-1-3-18(19)21(26)23-15-7-8-15/h1-6,9-10,12-13,15H,7-8,11H2,(H,23,26)(H,24,25). The Hall–Kier alpha value is -3.19. The van der Waals surface area contributed by atoms with Crippen LogP contribution in [0, 0.1) is 0 Å². The Kier molecular flexibility index (Phi) is 5.34. The highest BCUT2D eigenvalue weighted by atomic mass is 32.1. The number of hydrogen-bond donors (Lipinski definition) is 2. The Labute approximate surface area is 166 Å². The van der Waals surface area contributed by atoms with Gasteiger partial charge in [0.1, 0.15) is 12.4 Å². The third-order valence-electron chi connectivity index (χ3n) is 4.32. The van der Waals surface area contributed by atoms with Crippen LogP contribution in [-0.2, 0) is 6.61 Å². The number of ether oxygens (including phenoxy) is 1. The lowest BCUT2D eigenvalue weighted by atomic mass is 10.1. The zero-order valence-corrected chi connectivity index (χ0v) is 15.9. The summed E-state index contributed by atoms with van der Waals surface area (Å²) in [6.45, 7) is 0.387. The van der Waals surface area contributed by atoms with Crippen LogP contribution in [0.1, 0.15) is 39.3 Å². The van der Waals surface area contributed by atoms with Crippen molar-refractivity contribution < 1.29 is 14.3 Å². The monoisotopic (exact) mass is 393 g/mol. The lowest BCUT2D eigenvalue weighted by molar-refractivity contribution is 0.0952. The van der Waals surface area contributed by atoms with Gasteiger partial charge in [0.05, 0.1) is 22.5 Å². The molecule has 1 saturated carbocycles. The van der Waals surface area contributed by atoms with Crippen LogP contribution in [0.4, 0.5) is 5.69 Å². The number of nitrogens with zero attached hydrogens (tertiary/aromatic N) is 1. The summed E-state index contributed by atoms with van der Waals surface area (Å²) in [6.07, 6.45) is 2.02. The molecule has 4 rings (SSSR count). The number of aromatic nitrogens is 1. The van der Waals surface area contributed by atoms with Gasteiger partial charge in [-0.15, -0.1) is 11.3 Å². The lowest BCUT2D eigenvalue weighted by Gasteiger charge is -2.11. The van der Waals surface area contributed by atoms with E-state index in [1.807, 2.05) is 5.38 Å². The summed E-state index contributed by atoms with van der Waals surface area (Å²) in [4.78, 5) is 29.1. The number of nitrogens with one attached hydrogen (secondary N) is 2. The van der Waals surface area contributed by atoms with Crippen molar-refractivity contribution in [3.63, 3.8) is 0 Å². The lowest BCUT2D eigenvalue weighted by Crippen LogP contribution is -2.27. The van der Waals surface area contributed by atoms with E-state index in [2.05, 4.69) is 15.6 Å². The second kappa shape index (κ2) is 8.22. The third kappa shape index (κ3) is 4.55. The van der Waals surface area contributed by atoms with E-state index in [0.29, 0.717) is 29.2 Å². The maximum atomic E-state index is 12.6. The zero-order chi connectivity index (χ0) is 19.3. The molecule has 28 heavy (non-hydrogen) atoms. The molecular weight excluding hydrogens is 374 g/mol. The smallest absolute Gasteiger partial charge is 0.255 e. The van der Waals surface area contributed by atoms with E-state index in [1.165, 1.54) is 11.3 Å². The Morgan fingerprint density at radius 3 is 2.57 bits per heavy atom. The van der Waals surface area contributed by atoms with Crippen molar-refractivity contribution in [1.29, 1.82) is 0 Å². The summed E-state index contributed by atoms with van der Waals surface area (Å²) in [7, 11) is 0. The summed E-state index contributed by atoms with van der Waals surface area (Å²) < 4.78 is 5.66. The molecule has 2 amide bonds. The van der Waals surface area contributed by atoms with Crippen molar-refractivity contribution in [2.75, 3.05) is 5.32 Å². The van der Waals surface area contributed by atoms with Crippen molar-refractivity contribution in [2.24, 2.45) is 0 Å². The molecule has 0 aliphatic heterocycles. The average molecular weight is 393 g/mol. The zero-order valence-electron chi connectivity index (χ0n) is 15.1. The van der Waals surface area contributed by atoms with Gasteiger partial charge in [-0.05, 0) is 49.2 Å². The molecule has 0 bridgehead atoms. The number of carbonyl (C=O) groups is 2. The molecule has 2 aromatic carbocycles. The molecule has 0 unspecified atom stereocenters. The van der Waals surface area contributed by atoms with Crippen LogP contribution in [0.5, 0.6) is 5.75 Å². The molecular formula is C21H19N3O3S. The van der Waals surface area contributed by atoms with Gasteiger partial charge in [0.2, 0.25) is 0 Å². The number of thiazole rings is 1. The molecule has 3 aromatic rings. The first kappa shape index (κ1) is 18.2. The first-order valence-electron chi connectivity index (χ1n) is 9.00. The van der Waals surface area contributed by atoms with Crippen LogP contribution in [0.3, 0.4) is 0 Å². The molecule has 0 radical (unpaired) electrons. The number of rotatable bonds is 7. The van der Waals surface area contributed by atoms with Crippen molar-refractivity contribution in [1.82, 2.24) is 10.3 Å². The predicted octanol–water partition coefficient (Wildman–Crippen LogP) is 3.87. The fraction of sp³-hybridized carbons (Fsp3) is 0.190. The Balaban J connectivity index is 1.40. The van der Waals surface area contributed by atoms with Gasteiger partial charge in [-0.3, -0.25) is 9.59 Å². The second-order valence-corrected chi connectivity index (χ2v) is 7.26. The maximum absolute atomic E-state index is 12.6. The van der Waals surface area contributed by atoms with Crippen LogP contribution in [0.15, 0.2) is 59.4 Å². The van der Waals surface area contributed by atoms with Gasteiger partial charge in [-0.25, -0.2) is 4.98 Å². The molecule has 1 aliphatic rings. The summed E-state index contributed by atoms with van der Waals surface area (Å²) >= 11 is 1.52. The molecule has 142 valence electrons. The molecule has 1 fully saturated rings. The van der Waals surface area contributed by atoms with Crippen LogP contribution < -0.4 is 15.4 Å². The first-order chi connectivity index (χ1) is 13.7. The van der Waals surface area contributed by atoms with Crippen molar-refractivity contribution in [2.45, 2.75) is 25.5 Å². The maximum Gasteiger partial charge on any atom is 0.255 e. The highest BCUT2D eigenvalue weighted by molar-refractivity contribution is 7.07. The minimum atomic E-state index is -0.280.